The number of benzene rings is 2. The molecule has 0 aromatic heterocycles. The summed E-state index contributed by atoms with van der Waals surface area (Å²) < 4.78 is 42.6. The molecule has 3 N–H and O–H groups in total. The fourth-order valence-electron chi connectivity index (χ4n) is 1.78. The maximum Gasteiger partial charge on any atom is 0.418 e. The number of hydrogen-bond acceptors (Lipinski definition) is 5. The van der Waals surface area contributed by atoms with Crippen LogP contribution in [0.5, 0.6) is 5.75 Å². The molecule has 126 valence electrons. The Kier molecular flexibility index (Phi) is 4.58. The first-order chi connectivity index (χ1) is 11.2. The summed E-state index contributed by atoms with van der Waals surface area (Å²) in [6, 6.07) is 7.39. The van der Waals surface area contributed by atoms with Crippen LogP contribution >= 0.6 is 0 Å². The molecule has 0 spiro atoms. The number of ether oxygens (including phenoxy) is 1. The van der Waals surface area contributed by atoms with Gasteiger partial charge in [0.25, 0.3) is 5.69 Å². The molecule has 0 heterocycles. The van der Waals surface area contributed by atoms with Crippen LogP contribution in [-0.4, -0.2) is 11.0 Å². The van der Waals surface area contributed by atoms with Crippen molar-refractivity contribution in [3.8, 4) is 5.75 Å². The minimum Gasteiger partial charge on any atom is -0.410 e. The van der Waals surface area contributed by atoms with Crippen LogP contribution in [0, 0.1) is 10.1 Å². The van der Waals surface area contributed by atoms with E-state index < -0.39 is 28.4 Å². The van der Waals surface area contributed by atoms with Crippen molar-refractivity contribution in [1.82, 2.24) is 0 Å². The van der Waals surface area contributed by atoms with E-state index in [-0.39, 0.29) is 17.1 Å². The van der Waals surface area contributed by atoms with Gasteiger partial charge in [0, 0.05) is 23.5 Å². The van der Waals surface area contributed by atoms with Gasteiger partial charge in [-0.15, -0.1) is 0 Å². The molecule has 0 fully saturated rings. The Morgan fingerprint density at radius 1 is 1.17 bits per heavy atom. The molecule has 0 bridgehead atoms. The van der Waals surface area contributed by atoms with Crippen molar-refractivity contribution in [2.75, 3.05) is 11.1 Å². The number of halogens is 3. The third-order valence-electron chi connectivity index (χ3n) is 2.86. The number of rotatable bonds is 3. The Labute approximate surface area is 133 Å². The summed E-state index contributed by atoms with van der Waals surface area (Å²) in [5.74, 6) is 0.0259. The van der Waals surface area contributed by atoms with E-state index in [1.807, 2.05) is 0 Å². The second-order valence-electron chi connectivity index (χ2n) is 4.57. The zero-order chi connectivity index (χ0) is 17.9. The third-order valence-corrected chi connectivity index (χ3v) is 2.86. The van der Waals surface area contributed by atoms with Gasteiger partial charge < -0.3 is 10.5 Å². The molecule has 0 saturated carbocycles. The number of nitrogens with zero attached hydrogens (tertiary/aromatic N) is 1. The van der Waals surface area contributed by atoms with Crippen LogP contribution in [0.25, 0.3) is 0 Å². The van der Waals surface area contributed by atoms with Gasteiger partial charge in [0.2, 0.25) is 0 Å². The summed E-state index contributed by atoms with van der Waals surface area (Å²) in [5, 5.41) is 12.7. The van der Waals surface area contributed by atoms with Gasteiger partial charge in [-0.1, -0.05) is 0 Å². The van der Waals surface area contributed by atoms with E-state index in [4.69, 9.17) is 10.5 Å². The minimum absolute atomic E-state index is 0.00686. The second kappa shape index (κ2) is 6.44. The Bertz CT molecular complexity index is 776. The van der Waals surface area contributed by atoms with Gasteiger partial charge in [0.15, 0.2) is 0 Å². The molecule has 0 aliphatic rings. The molecule has 0 unspecified atom stereocenters. The largest absolute Gasteiger partial charge is 0.418 e. The van der Waals surface area contributed by atoms with Gasteiger partial charge >= 0.3 is 12.3 Å². The average molecular weight is 341 g/mol. The highest BCUT2D eigenvalue weighted by Crippen LogP contribution is 2.34. The minimum atomic E-state index is -4.60. The number of nitro groups is 1. The highest BCUT2D eigenvalue weighted by molar-refractivity contribution is 5.87. The topological polar surface area (TPSA) is 107 Å². The molecule has 7 nitrogen and oxygen atoms in total. The number of anilines is 2. The van der Waals surface area contributed by atoms with Crippen LogP contribution in [0.1, 0.15) is 5.56 Å². The van der Waals surface area contributed by atoms with Gasteiger partial charge in [-0.3, -0.25) is 15.4 Å². The maximum atomic E-state index is 12.6. The third kappa shape index (κ3) is 4.12. The second-order valence-corrected chi connectivity index (χ2v) is 4.57. The average Bonchev–Trinajstić information content (AvgIpc) is 2.46. The van der Waals surface area contributed by atoms with E-state index in [1.54, 1.807) is 0 Å². The molecule has 1 amide bonds. The maximum absolute atomic E-state index is 12.6. The van der Waals surface area contributed by atoms with Gasteiger partial charge in [-0.05, 0) is 30.3 Å². The van der Waals surface area contributed by atoms with E-state index in [0.29, 0.717) is 0 Å². The summed E-state index contributed by atoms with van der Waals surface area (Å²) in [4.78, 5) is 21.5. The fourth-order valence-corrected chi connectivity index (χ4v) is 1.78. The Morgan fingerprint density at radius 2 is 1.79 bits per heavy atom. The number of carbonyl (C=O) groups is 1. The monoisotopic (exact) mass is 341 g/mol. The van der Waals surface area contributed by atoms with Crippen LogP contribution in [0.4, 0.5) is 35.0 Å². The number of alkyl halides is 3. The zero-order valence-electron chi connectivity index (χ0n) is 11.8. The SMILES string of the molecule is Nc1cc(NC(=O)Oc2ccc([N+](=O)[O-])cc2)ccc1C(F)(F)F. The molecular weight excluding hydrogens is 331 g/mol. The molecule has 0 radical (unpaired) electrons. The molecule has 2 aromatic rings. The van der Waals surface area contributed by atoms with E-state index in [2.05, 4.69) is 5.32 Å². The first-order valence-electron chi connectivity index (χ1n) is 6.37. The lowest BCUT2D eigenvalue weighted by Gasteiger charge is -2.12. The van der Waals surface area contributed by atoms with Crippen LogP contribution in [0.3, 0.4) is 0 Å². The van der Waals surface area contributed by atoms with Crippen molar-refractivity contribution in [2.45, 2.75) is 6.18 Å². The Balaban J connectivity index is 2.04. The van der Waals surface area contributed by atoms with Crippen LogP contribution in [-0.2, 0) is 6.18 Å². The van der Waals surface area contributed by atoms with Gasteiger partial charge in [-0.2, -0.15) is 13.2 Å². The lowest BCUT2D eigenvalue weighted by atomic mass is 10.1. The summed E-state index contributed by atoms with van der Waals surface area (Å²) in [7, 11) is 0. The van der Waals surface area contributed by atoms with Crippen molar-refractivity contribution in [1.29, 1.82) is 0 Å². The Morgan fingerprint density at radius 3 is 2.29 bits per heavy atom. The van der Waals surface area contributed by atoms with Crippen LogP contribution < -0.4 is 15.8 Å². The standard InChI is InChI=1S/C14H10F3N3O4/c15-14(16,17)11-6-1-8(7-12(11)18)19-13(21)24-10-4-2-9(3-5-10)20(22)23/h1-7H,18H2,(H,19,21). The van der Waals surface area contributed by atoms with Gasteiger partial charge in [0.05, 0.1) is 10.5 Å². The van der Waals surface area contributed by atoms with Crippen molar-refractivity contribution < 1.29 is 27.6 Å². The number of non-ortho nitro benzene ring substituents is 1. The fraction of sp³-hybridized carbons (Fsp3) is 0.0714. The number of carbonyl (C=O) groups excluding carboxylic acids is 1. The smallest absolute Gasteiger partial charge is 0.410 e. The van der Waals surface area contributed by atoms with Gasteiger partial charge in [-0.25, -0.2) is 4.79 Å². The van der Waals surface area contributed by atoms with Gasteiger partial charge in [0.1, 0.15) is 5.75 Å². The van der Waals surface area contributed by atoms with E-state index in [0.717, 1.165) is 30.3 Å². The number of nitro benzene ring substituents is 1. The highest BCUT2D eigenvalue weighted by Gasteiger charge is 2.32. The zero-order valence-corrected chi connectivity index (χ0v) is 11.8. The van der Waals surface area contributed by atoms with Crippen molar-refractivity contribution in [2.24, 2.45) is 0 Å². The number of nitrogen functional groups attached to an aromatic ring is 1. The molecule has 2 rings (SSSR count). The summed E-state index contributed by atoms with van der Waals surface area (Å²) in [6.45, 7) is 0. The highest BCUT2D eigenvalue weighted by atomic mass is 19.4. The van der Waals surface area contributed by atoms with Crippen molar-refractivity contribution >= 4 is 23.2 Å². The molecular formula is C14H10F3N3O4. The summed E-state index contributed by atoms with van der Waals surface area (Å²) >= 11 is 0. The normalized spacial score (nSPS) is 11.0. The van der Waals surface area contributed by atoms with Crippen molar-refractivity contribution in [3.63, 3.8) is 0 Å². The lowest BCUT2D eigenvalue weighted by Crippen LogP contribution is -2.17. The summed E-state index contributed by atoms with van der Waals surface area (Å²) in [6.07, 6.45) is -5.58. The number of nitrogens with two attached hydrogens (primary N) is 1. The van der Waals surface area contributed by atoms with Crippen LogP contribution in [0.15, 0.2) is 42.5 Å². The first kappa shape index (κ1) is 17.1. The van der Waals surface area contributed by atoms with E-state index >= 15 is 0 Å². The van der Waals surface area contributed by atoms with Crippen LogP contribution in [0.2, 0.25) is 0 Å². The van der Waals surface area contributed by atoms with E-state index in [1.165, 1.54) is 12.1 Å². The Hall–Kier alpha value is -3.30. The van der Waals surface area contributed by atoms with Crippen molar-refractivity contribution in [3.05, 3.63) is 58.1 Å². The quantitative estimate of drug-likeness (QED) is 0.501. The number of amides is 1. The molecule has 0 atom stereocenters. The number of nitrogens with one attached hydrogen (secondary N) is 1. The first-order valence-corrected chi connectivity index (χ1v) is 6.37. The molecule has 10 heteroatoms. The molecule has 0 aliphatic heterocycles. The lowest BCUT2D eigenvalue weighted by molar-refractivity contribution is -0.384. The number of hydrogen-bond donors (Lipinski definition) is 2. The molecule has 24 heavy (non-hydrogen) atoms. The molecule has 0 saturated heterocycles. The van der Waals surface area contributed by atoms with E-state index in [9.17, 15) is 28.1 Å². The summed E-state index contributed by atoms with van der Waals surface area (Å²) in [5.41, 5.74) is 3.57. The predicted octanol–water partition coefficient (Wildman–Crippen LogP) is 3.81. The molecule has 2 aromatic carbocycles. The predicted molar refractivity (Wildman–Crippen MR) is 78.6 cm³/mol. The molecule has 0 aliphatic carbocycles.